The van der Waals surface area contributed by atoms with Crippen LogP contribution in [0.3, 0.4) is 0 Å². The van der Waals surface area contributed by atoms with Crippen molar-refractivity contribution in [2.45, 2.75) is 11.3 Å². The van der Waals surface area contributed by atoms with Crippen molar-refractivity contribution in [1.29, 1.82) is 0 Å². The highest BCUT2D eigenvalue weighted by atomic mass is 35.5. The van der Waals surface area contributed by atoms with Gasteiger partial charge in [-0.1, -0.05) is 23.4 Å². The monoisotopic (exact) mass is 468 g/mol. The first-order valence-electron chi connectivity index (χ1n) is 8.95. The standard InChI is InChI=1S/C19H14ClFN2O5S2/c20-12-6-11(2-3-13(12)21)23-14-7-30(25,26)8-17(14)29-19(23)22-18(24)10-1-4-15-16(5-10)28-9-27-15/h1-6,14,17H,7-9H2/t14-,17+/m1/s1. The van der Waals surface area contributed by atoms with E-state index in [0.29, 0.717) is 27.9 Å². The summed E-state index contributed by atoms with van der Waals surface area (Å²) in [7, 11) is -3.22. The number of anilines is 1. The van der Waals surface area contributed by atoms with Gasteiger partial charge in [0.15, 0.2) is 26.5 Å². The van der Waals surface area contributed by atoms with Crippen LogP contribution in [-0.2, 0) is 9.84 Å². The fraction of sp³-hybridized carbons (Fsp3) is 0.263. The van der Waals surface area contributed by atoms with Crippen LogP contribution in [0, 0.1) is 5.82 Å². The summed E-state index contributed by atoms with van der Waals surface area (Å²) in [5, 5.41) is -0.0179. The minimum atomic E-state index is -3.22. The molecule has 0 aromatic heterocycles. The number of benzene rings is 2. The molecule has 2 aromatic carbocycles. The number of nitrogens with zero attached hydrogens (tertiary/aromatic N) is 2. The predicted molar refractivity (Wildman–Crippen MR) is 112 cm³/mol. The molecule has 0 N–H and O–H groups in total. The molecule has 1 amide bonds. The molecule has 30 heavy (non-hydrogen) atoms. The van der Waals surface area contributed by atoms with Gasteiger partial charge in [0.1, 0.15) is 5.82 Å². The molecule has 7 nitrogen and oxygen atoms in total. The van der Waals surface area contributed by atoms with Crippen LogP contribution in [0.15, 0.2) is 41.4 Å². The van der Waals surface area contributed by atoms with Gasteiger partial charge in [-0.3, -0.25) is 4.79 Å². The highest BCUT2D eigenvalue weighted by molar-refractivity contribution is 8.16. The van der Waals surface area contributed by atoms with Crippen LogP contribution in [0.4, 0.5) is 10.1 Å². The van der Waals surface area contributed by atoms with E-state index in [1.54, 1.807) is 23.1 Å². The Balaban J connectivity index is 1.52. The average Bonchev–Trinajstić information content (AvgIpc) is 3.35. The summed E-state index contributed by atoms with van der Waals surface area (Å²) in [5.74, 6) is -0.154. The van der Waals surface area contributed by atoms with E-state index in [-0.39, 0.29) is 28.6 Å². The normalized spacial score (nSPS) is 25.0. The molecule has 11 heteroatoms. The Kier molecular flexibility index (Phi) is 4.68. The Bertz CT molecular complexity index is 1200. The van der Waals surface area contributed by atoms with Gasteiger partial charge in [0, 0.05) is 16.5 Å². The van der Waals surface area contributed by atoms with Crippen molar-refractivity contribution in [2.75, 3.05) is 23.2 Å². The SMILES string of the molecule is O=C(N=C1S[C@H]2CS(=O)(=O)C[C@H]2N1c1ccc(F)c(Cl)c1)c1ccc2c(c1)OCO2. The number of amides is 1. The lowest BCUT2D eigenvalue weighted by Crippen LogP contribution is -2.37. The molecule has 0 spiro atoms. The maximum absolute atomic E-state index is 13.7. The fourth-order valence-corrected chi connectivity index (χ4v) is 7.77. The number of ether oxygens (including phenoxy) is 2. The third-order valence-electron chi connectivity index (χ3n) is 5.06. The first-order valence-corrected chi connectivity index (χ1v) is 12.0. The molecule has 0 radical (unpaired) electrons. The highest BCUT2D eigenvalue weighted by Crippen LogP contribution is 2.42. The maximum atomic E-state index is 13.7. The largest absolute Gasteiger partial charge is 0.454 e. The van der Waals surface area contributed by atoms with Gasteiger partial charge in [-0.2, -0.15) is 4.99 Å². The summed E-state index contributed by atoms with van der Waals surface area (Å²) in [5.41, 5.74) is 0.796. The number of aliphatic imine (C=N–C) groups is 1. The van der Waals surface area contributed by atoms with E-state index in [1.807, 2.05) is 0 Å². The quantitative estimate of drug-likeness (QED) is 0.669. The second-order valence-corrected chi connectivity index (χ2v) is 10.8. The minimum Gasteiger partial charge on any atom is -0.454 e. The van der Waals surface area contributed by atoms with Crippen LogP contribution >= 0.6 is 23.4 Å². The van der Waals surface area contributed by atoms with Gasteiger partial charge in [-0.05, 0) is 36.4 Å². The van der Waals surface area contributed by atoms with Gasteiger partial charge >= 0.3 is 0 Å². The van der Waals surface area contributed by atoms with Crippen LogP contribution in [0.25, 0.3) is 0 Å². The summed E-state index contributed by atoms with van der Waals surface area (Å²) in [4.78, 5) is 18.7. The van der Waals surface area contributed by atoms with Crippen molar-refractivity contribution in [3.63, 3.8) is 0 Å². The molecule has 0 saturated carbocycles. The number of hydrogen-bond donors (Lipinski definition) is 0. The summed E-state index contributed by atoms with van der Waals surface area (Å²) in [6.07, 6.45) is 0. The van der Waals surface area contributed by atoms with Gasteiger partial charge in [-0.15, -0.1) is 0 Å². The number of carbonyl (C=O) groups excluding carboxylic acids is 1. The van der Waals surface area contributed by atoms with Crippen LogP contribution in [0.2, 0.25) is 5.02 Å². The molecular weight excluding hydrogens is 455 g/mol. The number of halogens is 2. The number of amidine groups is 1. The van der Waals surface area contributed by atoms with E-state index in [2.05, 4.69) is 4.99 Å². The Morgan fingerprint density at radius 3 is 2.77 bits per heavy atom. The van der Waals surface area contributed by atoms with E-state index >= 15 is 0 Å². The zero-order valence-electron chi connectivity index (χ0n) is 15.2. The second kappa shape index (κ2) is 7.14. The van der Waals surface area contributed by atoms with Gasteiger partial charge in [-0.25, -0.2) is 12.8 Å². The molecule has 156 valence electrons. The predicted octanol–water partition coefficient (Wildman–Crippen LogP) is 3.12. The number of thioether (sulfide) groups is 1. The zero-order valence-corrected chi connectivity index (χ0v) is 17.6. The molecular formula is C19H14ClFN2O5S2. The lowest BCUT2D eigenvalue weighted by atomic mass is 10.2. The number of hydrogen-bond acceptors (Lipinski definition) is 6. The minimum absolute atomic E-state index is 0.00893. The van der Waals surface area contributed by atoms with Gasteiger partial charge in [0.2, 0.25) is 6.79 Å². The van der Waals surface area contributed by atoms with Crippen molar-refractivity contribution in [1.82, 2.24) is 0 Å². The lowest BCUT2D eigenvalue weighted by molar-refractivity contribution is 0.100. The summed E-state index contributed by atoms with van der Waals surface area (Å²) >= 11 is 7.16. The van der Waals surface area contributed by atoms with Crippen molar-refractivity contribution in [3.05, 3.63) is 52.8 Å². The zero-order chi connectivity index (χ0) is 21.0. The fourth-order valence-electron chi connectivity index (χ4n) is 3.68. The second-order valence-electron chi connectivity index (χ2n) is 7.04. The number of sulfone groups is 1. The summed E-state index contributed by atoms with van der Waals surface area (Å²) in [6.45, 7) is 0.0916. The summed E-state index contributed by atoms with van der Waals surface area (Å²) < 4.78 is 48.5. The van der Waals surface area contributed by atoms with E-state index in [9.17, 15) is 17.6 Å². The van der Waals surface area contributed by atoms with E-state index < -0.39 is 27.6 Å². The number of carbonyl (C=O) groups is 1. The first-order chi connectivity index (χ1) is 14.3. The molecule has 2 atom stereocenters. The Hall–Kier alpha value is -2.30. The molecule has 2 fully saturated rings. The van der Waals surface area contributed by atoms with Crippen molar-refractivity contribution >= 4 is 50.0 Å². The maximum Gasteiger partial charge on any atom is 0.279 e. The van der Waals surface area contributed by atoms with Crippen LogP contribution in [0.1, 0.15) is 10.4 Å². The molecule has 3 heterocycles. The summed E-state index contributed by atoms with van der Waals surface area (Å²) in [6, 6.07) is 8.47. The Morgan fingerprint density at radius 1 is 1.17 bits per heavy atom. The molecule has 5 rings (SSSR count). The van der Waals surface area contributed by atoms with Crippen LogP contribution in [0.5, 0.6) is 11.5 Å². The molecule has 3 aliphatic rings. The molecule has 0 unspecified atom stereocenters. The topological polar surface area (TPSA) is 85.3 Å². The first kappa shape index (κ1) is 19.7. The van der Waals surface area contributed by atoms with Crippen molar-refractivity contribution in [3.8, 4) is 11.5 Å². The van der Waals surface area contributed by atoms with E-state index in [4.69, 9.17) is 21.1 Å². The third kappa shape index (κ3) is 3.42. The molecule has 0 aliphatic carbocycles. The number of fused-ring (bicyclic) bond motifs is 2. The van der Waals surface area contributed by atoms with E-state index in [0.717, 1.165) is 0 Å². The third-order valence-corrected chi connectivity index (χ3v) is 8.56. The van der Waals surface area contributed by atoms with E-state index in [1.165, 1.54) is 30.0 Å². The molecule has 2 aromatic rings. The van der Waals surface area contributed by atoms with Crippen LogP contribution in [-0.4, -0.2) is 49.1 Å². The highest BCUT2D eigenvalue weighted by Gasteiger charge is 2.49. The van der Waals surface area contributed by atoms with Gasteiger partial charge in [0.25, 0.3) is 5.91 Å². The van der Waals surface area contributed by atoms with Crippen LogP contribution < -0.4 is 14.4 Å². The lowest BCUT2D eigenvalue weighted by Gasteiger charge is -2.24. The van der Waals surface area contributed by atoms with Crippen molar-refractivity contribution in [2.24, 2.45) is 4.99 Å². The van der Waals surface area contributed by atoms with Gasteiger partial charge < -0.3 is 14.4 Å². The molecule has 3 aliphatic heterocycles. The van der Waals surface area contributed by atoms with Crippen molar-refractivity contribution < 1.29 is 27.1 Å². The molecule has 2 saturated heterocycles. The van der Waals surface area contributed by atoms with Gasteiger partial charge in [0.05, 0.1) is 22.6 Å². The average molecular weight is 469 g/mol. The smallest absolute Gasteiger partial charge is 0.279 e. The Labute approximate surface area is 180 Å². The number of rotatable bonds is 2. The Morgan fingerprint density at radius 2 is 1.97 bits per heavy atom. The molecule has 0 bridgehead atoms.